The monoisotopic (exact) mass is 207 g/mol. The Labute approximate surface area is 83.9 Å². The predicted octanol–water partition coefficient (Wildman–Crippen LogP) is 1.68. The minimum atomic E-state index is -0.807. The van der Waals surface area contributed by atoms with Gasteiger partial charge in [-0.15, -0.1) is 0 Å². The van der Waals surface area contributed by atoms with Crippen molar-refractivity contribution >= 4 is 11.4 Å². The number of rotatable bonds is 2. The van der Waals surface area contributed by atoms with Gasteiger partial charge in [0.15, 0.2) is 0 Å². The molecule has 0 radical (unpaired) electrons. The molecule has 76 valence electrons. The van der Waals surface area contributed by atoms with E-state index in [1.807, 2.05) is 0 Å². The van der Waals surface area contributed by atoms with Crippen LogP contribution in [-0.4, -0.2) is 9.85 Å². The van der Waals surface area contributed by atoms with Gasteiger partial charge in [0.2, 0.25) is 5.56 Å². The van der Waals surface area contributed by atoms with E-state index in [0.29, 0.717) is 5.56 Å². The summed E-state index contributed by atoms with van der Waals surface area (Å²) in [6.07, 6.45) is 0. The Kier molecular flexibility index (Phi) is 2.62. The second kappa shape index (κ2) is 3.71. The van der Waals surface area contributed by atoms with Crippen LogP contribution in [0.15, 0.2) is 12.1 Å². The lowest BCUT2D eigenvalue weighted by atomic mass is 10.1. The van der Waals surface area contributed by atoms with Crippen LogP contribution in [0.4, 0.5) is 11.4 Å². The second-order valence-corrected chi connectivity index (χ2v) is 2.80. The van der Waals surface area contributed by atoms with Crippen LogP contribution in [0.1, 0.15) is 11.1 Å². The normalized spacial score (nSPS) is 9.33. The molecule has 1 aromatic rings. The van der Waals surface area contributed by atoms with Crippen molar-refractivity contribution < 1.29 is 9.85 Å². The molecule has 0 aliphatic rings. The third kappa shape index (κ3) is 1.88. The highest BCUT2D eigenvalue weighted by Crippen LogP contribution is 2.28. The number of nitro benzene ring substituents is 2. The SMILES string of the molecule is Cc1cc([N+](=O)[O-])c(C#N)c([N+](=O)[O-])c1. The van der Waals surface area contributed by atoms with E-state index >= 15 is 0 Å². The fraction of sp³-hybridized carbons (Fsp3) is 0.125. The summed E-state index contributed by atoms with van der Waals surface area (Å²) in [5, 5.41) is 29.7. The maximum absolute atomic E-state index is 10.5. The summed E-state index contributed by atoms with van der Waals surface area (Å²) in [5.74, 6) is 0. The minimum Gasteiger partial charge on any atom is -0.258 e. The van der Waals surface area contributed by atoms with Gasteiger partial charge in [-0.25, -0.2) is 0 Å². The van der Waals surface area contributed by atoms with E-state index in [-0.39, 0.29) is 0 Å². The molecule has 7 heteroatoms. The summed E-state index contributed by atoms with van der Waals surface area (Å²) in [4.78, 5) is 19.5. The van der Waals surface area contributed by atoms with E-state index in [1.54, 1.807) is 0 Å². The Bertz CT molecular complexity index is 454. The number of hydrogen-bond acceptors (Lipinski definition) is 5. The van der Waals surface area contributed by atoms with Gasteiger partial charge in [-0.05, 0) is 12.5 Å². The van der Waals surface area contributed by atoms with Gasteiger partial charge in [0.25, 0.3) is 11.4 Å². The van der Waals surface area contributed by atoms with Crippen LogP contribution >= 0.6 is 0 Å². The van der Waals surface area contributed by atoms with Crippen LogP contribution in [0.2, 0.25) is 0 Å². The second-order valence-electron chi connectivity index (χ2n) is 2.80. The van der Waals surface area contributed by atoms with Gasteiger partial charge in [-0.1, -0.05) is 0 Å². The molecule has 0 saturated heterocycles. The zero-order valence-corrected chi connectivity index (χ0v) is 7.63. The first-order chi connectivity index (χ1) is 6.97. The van der Waals surface area contributed by atoms with Crippen molar-refractivity contribution in [2.45, 2.75) is 6.92 Å². The van der Waals surface area contributed by atoms with Crippen LogP contribution < -0.4 is 0 Å². The number of nitriles is 1. The highest BCUT2D eigenvalue weighted by atomic mass is 16.6. The molecule has 0 aliphatic heterocycles. The molecule has 0 bridgehead atoms. The van der Waals surface area contributed by atoms with E-state index in [4.69, 9.17) is 5.26 Å². The molecule has 0 unspecified atom stereocenters. The lowest BCUT2D eigenvalue weighted by Crippen LogP contribution is -1.99. The van der Waals surface area contributed by atoms with E-state index < -0.39 is 26.8 Å². The minimum absolute atomic E-state index is 0.368. The van der Waals surface area contributed by atoms with Gasteiger partial charge in [-0.2, -0.15) is 5.26 Å². The summed E-state index contributed by atoms with van der Waals surface area (Å²) in [5.41, 5.74) is -1.23. The van der Waals surface area contributed by atoms with Gasteiger partial charge in [-0.3, -0.25) is 20.2 Å². The van der Waals surface area contributed by atoms with Crippen molar-refractivity contribution in [2.75, 3.05) is 0 Å². The smallest absolute Gasteiger partial charge is 0.258 e. The molecule has 0 fully saturated rings. The number of nitrogens with zero attached hydrogens (tertiary/aromatic N) is 3. The van der Waals surface area contributed by atoms with Gasteiger partial charge in [0.05, 0.1) is 9.85 Å². The fourth-order valence-corrected chi connectivity index (χ4v) is 1.15. The molecule has 0 aliphatic carbocycles. The molecule has 7 nitrogen and oxygen atoms in total. The van der Waals surface area contributed by atoms with Gasteiger partial charge < -0.3 is 0 Å². The first kappa shape index (κ1) is 10.6. The number of benzene rings is 1. The van der Waals surface area contributed by atoms with Crippen molar-refractivity contribution in [2.24, 2.45) is 0 Å². The molecule has 0 saturated carbocycles. The average molecular weight is 207 g/mol. The first-order valence-corrected chi connectivity index (χ1v) is 3.81. The largest absolute Gasteiger partial charge is 0.294 e. The lowest BCUT2D eigenvalue weighted by Gasteiger charge is -1.98. The van der Waals surface area contributed by atoms with Crippen molar-refractivity contribution in [3.8, 4) is 6.07 Å². The molecule has 0 amide bonds. The molecular weight excluding hydrogens is 202 g/mol. The predicted molar refractivity (Wildman–Crippen MR) is 49.2 cm³/mol. The number of nitro groups is 2. The Hall–Kier alpha value is -2.49. The summed E-state index contributed by atoms with van der Waals surface area (Å²) in [6, 6.07) is 3.73. The third-order valence-corrected chi connectivity index (χ3v) is 1.75. The van der Waals surface area contributed by atoms with Crippen LogP contribution in [-0.2, 0) is 0 Å². The highest BCUT2D eigenvalue weighted by molar-refractivity contribution is 5.62. The van der Waals surface area contributed by atoms with Gasteiger partial charge in [0.1, 0.15) is 6.07 Å². The summed E-state index contributed by atoms with van der Waals surface area (Å²) < 4.78 is 0. The van der Waals surface area contributed by atoms with E-state index in [0.717, 1.165) is 12.1 Å². The Morgan fingerprint density at radius 1 is 1.20 bits per heavy atom. The zero-order chi connectivity index (χ0) is 11.6. The molecule has 0 aromatic heterocycles. The van der Waals surface area contributed by atoms with Gasteiger partial charge >= 0.3 is 0 Å². The molecule has 15 heavy (non-hydrogen) atoms. The topological polar surface area (TPSA) is 110 Å². The Morgan fingerprint density at radius 2 is 1.60 bits per heavy atom. The van der Waals surface area contributed by atoms with Crippen LogP contribution in [0.3, 0.4) is 0 Å². The van der Waals surface area contributed by atoms with Crippen LogP contribution in [0.5, 0.6) is 0 Å². The quantitative estimate of drug-likeness (QED) is 0.541. The number of aryl methyl sites for hydroxylation is 1. The van der Waals surface area contributed by atoms with Crippen molar-refractivity contribution in [1.82, 2.24) is 0 Å². The molecular formula is C8H5N3O4. The highest BCUT2D eigenvalue weighted by Gasteiger charge is 2.25. The summed E-state index contributed by atoms with van der Waals surface area (Å²) in [6.45, 7) is 1.49. The van der Waals surface area contributed by atoms with E-state index in [9.17, 15) is 20.2 Å². The summed E-state index contributed by atoms with van der Waals surface area (Å²) >= 11 is 0. The van der Waals surface area contributed by atoms with Crippen LogP contribution in [0, 0.1) is 38.5 Å². The van der Waals surface area contributed by atoms with Crippen molar-refractivity contribution in [3.63, 3.8) is 0 Å². The lowest BCUT2D eigenvalue weighted by molar-refractivity contribution is -0.394. The zero-order valence-electron chi connectivity index (χ0n) is 7.63. The fourth-order valence-electron chi connectivity index (χ4n) is 1.15. The Morgan fingerprint density at radius 3 is 1.87 bits per heavy atom. The van der Waals surface area contributed by atoms with Crippen molar-refractivity contribution in [1.29, 1.82) is 5.26 Å². The van der Waals surface area contributed by atoms with Gasteiger partial charge in [0, 0.05) is 12.1 Å². The molecule has 1 rings (SSSR count). The molecule has 0 N–H and O–H groups in total. The van der Waals surface area contributed by atoms with Crippen molar-refractivity contribution in [3.05, 3.63) is 43.5 Å². The maximum Gasteiger partial charge on any atom is 0.294 e. The molecule has 1 aromatic carbocycles. The molecule has 0 heterocycles. The van der Waals surface area contributed by atoms with E-state index in [2.05, 4.69) is 0 Å². The number of hydrogen-bond donors (Lipinski definition) is 0. The first-order valence-electron chi connectivity index (χ1n) is 3.81. The molecule has 0 atom stereocenters. The standard InChI is InChI=1S/C8H5N3O4/c1-5-2-7(10(12)13)6(4-9)8(3-5)11(14)15/h2-3H,1H3. The van der Waals surface area contributed by atoms with Crippen LogP contribution in [0.25, 0.3) is 0 Å². The van der Waals surface area contributed by atoms with E-state index in [1.165, 1.54) is 13.0 Å². The molecule has 0 spiro atoms. The third-order valence-electron chi connectivity index (χ3n) is 1.75. The average Bonchev–Trinajstić information content (AvgIpc) is 2.16. The summed E-state index contributed by atoms with van der Waals surface area (Å²) in [7, 11) is 0. The Balaban J connectivity index is 3.62. The maximum atomic E-state index is 10.5.